The minimum Gasteiger partial charge on any atom is -0.384 e. The second-order valence-electron chi connectivity index (χ2n) is 4.37. The van der Waals surface area contributed by atoms with Crippen molar-refractivity contribution in [2.75, 3.05) is 11.9 Å². The van der Waals surface area contributed by atoms with E-state index in [0.717, 1.165) is 24.3 Å². The van der Waals surface area contributed by atoms with Gasteiger partial charge in [0.25, 0.3) is 5.91 Å². The normalized spacial score (nSPS) is 10.1. The Balaban J connectivity index is 2.01. The van der Waals surface area contributed by atoms with Crippen LogP contribution < -0.4 is 10.6 Å². The standard InChI is InChI=1S/C15H18N4O/c1-2-9-16-14-8-4-3-7-13(14)15(20)17-11-12-6-5-10-18-19-12/h3-8,10,16H,2,9,11H2,1H3,(H,17,20). The largest absolute Gasteiger partial charge is 0.384 e. The van der Waals surface area contributed by atoms with E-state index in [2.05, 4.69) is 27.8 Å². The Kier molecular flexibility index (Phi) is 5.06. The smallest absolute Gasteiger partial charge is 0.253 e. The zero-order chi connectivity index (χ0) is 14.2. The van der Waals surface area contributed by atoms with Gasteiger partial charge in [-0.25, -0.2) is 0 Å². The number of nitrogens with zero attached hydrogens (tertiary/aromatic N) is 2. The van der Waals surface area contributed by atoms with E-state index < -0.39 is 0 Å². The van der Waals surface area contributed by atoms with Crippen LogP contribution in [0.5, 0.6) is 0 Å². The maximum atomic E-state index is 12.2. The van der Waals surface area contributed by atoms with Crippen molar-refractivity contribution in [3.8, 4) is 0 Å². The molecule has 0 bridgehead atoms. The molecule has 1 heterocycles. The van der Waals surface area contributed by atoms with E-state index in [0.29, 0.717) is 12.1 Å². The summed E-state index contributed by atoms with van der Waals surface area (Å²) in [6, 6.07) is 11.1. The van der Waals surface area contributed by atoms with Gasteiger partial charge in [0, 0.05) is 18.4 Å². The quantitative estimate of drug-likeness (QED) is 0.844. The Labute approximate surface area is 118 Å². The highest BCUT2D eigenvalue weighted by molar-refractivity contribution is 5.99. The number of amides is 1. The molecular formula is C15H18N4O. The Morgan fingerprint density at radius 1 is 1.20 bits per heavy atom. The second kappa shape index (κ2) is 7.23. The monoisotopic (exact) mass is 270 g/mol. The van der Waals surface area contributed by atoms with Crippen LogP contribution in [-0.4, -0.2) is 22.6 Å². The number of aromatic nitrogens is 2. The molecule has 1 aromatic carbocycles. The molecule has 1 aromatic heterocycles. The van der Waals surface area contributed by atoms with Gasteiger partial charge in [0.2, 0.25) is 0 Å². The lowest BCUT2D eigenvalue weighted by molar-refractivity contribution is 0.0951. The number of carbonyl (C=O) groups is 1. The second-order valence-corrected chi connectivity index (χ2v) is 4.37. The van der Waals surface area contributed by atoms with Crippen LogP contribution in [0.15, 0.2) is 42.6 Å². The molecule has 0 aliphatic carbocycles. The van der Waals surface area contributed by atoms with Gasteiger partial charge in [-0.05, 0) is 30.7 Å². The highest BCUT2D eigenvalue weighted by Crippen LogP contribution is 2.14. The summed E-state index contributed by atoms with van der Waals surface area (Å²) in [5.74, 6) is -0.116. The van der Waals surface area contributed by atoms with E-state index in [1.807, 2.05) is 30.3 Å². The van der Waals surface area contributed by atoms with Gasteiger partial charge in [0.15, 0.2) is 0 Å². The van der Waals surface area contributed by atoms with Gasteiger partial charge in [-0.15, -0.1) is 0 Å². The number of para-hydroxylation sites is 1. The zero-order valence-corrected chi connectivity index (χ0v) is 11.5. The van der Waals surface area contributed by atoms with Crippen LogP contribution in [-0.2, 0) is 6.54 Å². The predicted molar refractivity (Wildman–Crippen MR) is 78.4 cm³/mol. The Morgan fingerprint density at radius 2 is 2.05 bits per heavy atom. The van der Waals surface area contributed by atoms with Crippen LogP contribution in [0.25, 0.3) is 0 Å². The van der Waals surface area contributed by atoms with E-state index in [1.165, 1.54) is 0 Å². The maximum absolute atomic E-state index is 12.2. The first-order chi connectivity index (χ1) is 9.81. The number of benzene rings is 1. The number of carbonyl (C=O) groups excluding carboxylic acids is 1. The molecule has 0 aliphatic rings. The number of hydrogen-bond donors (Lipinski definition) is 2. The van der Waals surface area contributed by atoms with Crippen LogP contribution in [0.2, 0.25) is 0 Å². The van der Waals surface area contributed by atoms with Gasteiger partial charge in [-0.1, -0.05) is 19.1 Å². The van der Waals surface area contributed by atoms with Crippen molar-refractivity contribution in [3.05, 3.63) is 53.9 Å². The fourth-order valence-corrected chi connectivity index (χ4v) is 1.79. The van der Waals surface area contributed by atoms with Crippen molar-refractivity contribution < 1.29 is 4.79 Å². The maximum Gasteiger partial charge on any atom is 0.253 e. The molecule has 0 unspecified atom stereocenters. The van der Waals surface area contributed by atoms with Gasteiger partial charge in [-0.2, -0.15) is 10.2 Å². The summed E-state index contributed by atoms with van der Waals surface area (Å²) in [7, 11) is 0. The van der Waals surface area contributed by atoms with Gasteiger partial charge >= 0.3 is 0 Å². The topological polar surface area (TPSA) is 66.9 Å². The summed E-state index contributed by atoms with van der Waals surface area (Å²) >= 11 is 0. The van der Waals surface area contributed by atoms with Crippen molar-refractivity contribution in [1.82, 2.24) is 15.5 Å². The van der Waals surface area contributed by atoms with Crippen LogP contribution in [0, 0.1) is 0 Å². The summed E-state index contributed by atoms with van der Waals surface area (Å²) in [5.41, 5.74) is 2.23. The first kappa shape index (κ1) is 14.0. The van der Waals surface area contributed by atoms with Gasteiger partial charge in [0.1, 0.15) is 0 Å². The number of hydrogen-bond acceptors (Lipinski definition) is 4. The fourth-order valence-electron chi connectivity index (χ4n) is 1.79. The molecule has 0 atom stereocenters. The van der Waals surface area contributed by atoms with Crippen molar-refractivity contribution in [2.24, 2.45) is 0 Å². The molecule has 0 spiro atoms. The van der Waals surface area contributed by atoms with Crippen LogP contribution in [0.1, 0.15) is 29.4 Å². The lowest BCUT2D eigenvalue weighted by Crippen LogP contribution is -2.24. The first-order valence-electron chi connectivity index (χ1n) is 6.69. The summed E-state index contributed by atoms with van der Waals surface area (Å²) in [4.78, 5) is 12.2. The third kappa shape index (κ3) is 3.78. The zero-order valence-electron chi connectivity index (χ0n) is 11.5. The summed E-state index contributed by atoms with van der Waals surface area (Å²) < 4.78 is 0. The van der Waals surface area contributed by atoms with Crippen molar-refractivity contribution in [3.63, 3.8) is 0 Å². The molecule has 5 heteroatoms. The average Bonchev–Trinajstić information content (AvgIpc) is 2.52. The Bertz CT molecular complexity index is 557. The molecule has 104 valence electrons. The Hall–Kier alpha value is -2.43. The molecule has 0 aliphatic heterocycles. The van der Waals surface area contributed by atoms with Gasteiger partial charge in [-0.3, -0.25) is 4.79 Å². The highest BCUT2D eigenvalue weighted by Gasteiger charge is 2.10. The summed E-state index contributed by atoms with van der Waals surface area (Å²) in [6.07, 6.45) is 2.62. The fraction of sp³-hybridized carbons (Fsp3) is 0.267. The molecule has 5 nitrogen and oxygen atoms in total. The van der Waals surface area contributed by atoms with Gasteiger partial charge < -0.3 is 10.6 Å². The SMILES string of the molecule is CCCNc1ccccc1C(=O)NCc1cccnn1. The molecule has 2 rings (SSSR count). The highest BCUT2D eigenvalue weighted by atomic mass is 16.1. The van der Waals surface area contributed by atoms with E-state index in [1.54, 1.807) is 12.3 Å². The molecule has 2 aromatic rings. The van der Waals surface area contributed by atoms with Crippen LogP contribution in [0.4, 0.5) is 5.69 Å². The van der Waals surface area contributed by atoms with Crippen molar-refractivity contribution in [2.45, 2.75) is 19.9 Å². The van der Waals surface area contributed by atoms with Crippen molar-refractivity contribution in [1.29, 1.82) is 0 Å². The molecule has 0 radical (unpaired) electrons. The van der Waals surface area contributed by atoms with E-state index >= 15 is 0 Å². The molecule has 2 N–H and O–H groups in total. The number of rotatable bonds is 6. The summed E-state index contributed by atoms with van der Waals surface area (Å²) in [5, 5.41) is 13.8. The molecule has 1 amide bonds. The summed E-state index contributed by atoms with van der Waals surface area (Å²) in [6.45, 7) is 3.30. The molecule has 20 heavy (non-hydrogen) atoms. The van der Waals surface area contributed by atoms with E-state index in [4.69, 9.17) is 0 Å². The number of anilines is 1. The number of nitrogens with one attached hydrogen (secondary N) is 2. The minimum absolute atomic E-state index is 0.116. The third-order valence-corrected chi connectivity index (χ3v) is 2.79. The lowest BCUT2D eigenvalue weighted by Gasteiger charge is -2.11. The predicted octanol–water partition coefficient (Wildman–Crippen LogP) is 2.23. The van der Waals surface area contributed by atoms with Crippen molar-refractivity contribution >= 4 is 11.6 Å². The van der Waals surface area contributed by atoms with Crippen LogP contribution in [0.3, 0.4) is 0 Å². The molecule has 0 fully saturated rings. The van der Waals surface area contributed by atoms with E-state index in [9.17, 15) is 4.79 Å². The molecule has 0 saturated heterocycles. The van der Waals surface area contributed by atoms with Gasteiger partial charge in [0.05, 0.1) is 17.8 Å². The minimum atomic E-state index is -0.116. The molecule has 0 saturated carbocycles. The van der Waals surface area contributed by atoms with Crippen LogP contribution >= 0.6 is 0 Å². The third-order valence-electron chi connectivity index (χ3n) is 2.79. The molecular weight excluding hydrogens is 252 g/mol. The van der Waals surface area contributed by atoms with E-state index in [-0.39, 0.29) is 5.91 Å². The average molecular weight is 270 g/mol. The Morgan fingerprint density at radius 3 is 2.80 bits per heavy atom. The first-order valence-corrected chi connectivity index (χ1v) is 6.69. The lowest BCUT2D eigenvalue weighted by atomic mass is 10.1.